The number of ether oxygens (including phenoxy) is 3. The van der Waals surface area contributed by atoms with Gasteiger partial charge in [-0.3, -0.25) is 14.5 Å². The number of nitrogens with one attached hydrogen (secondary N) is 2. The second kappa shape index (κ2) is 15.3. The molecule has 296 valence electrons. The Kier molecular flexibility index (Phi) is 11.0. The molecule has 54 heavy (non-hydrogen) atoms. The van der Waals surface area contributed by atoms with E-state index in [9.17, 15) is 19.2 Å². The van der Waals surface area contributed by atoms with Gasteiger partial charge in [0.25, 0.3) is 0 Å². The van der Waals surface area contributed by atoms with Crippen LogP contribution < -0.4 is 10.6 Å². The van der Waals surface area contributed by atoms with Crippen LogP contribution in [0, 0.1) is 17.3 Å². The van der Waals surface area contributed by atoms with Gasteiger partial charge in [-0.1, -0.05) is 63.8 Å². The van der Waals surface area contributed by atoms with Crippen LogP contribution in [0.5, 0.6) is 0 Å². The Balaban J connectivity index is 1.12. The third-order valence-electron chi connectivity index (χ3n) is 12.9. The number of benzene rings is 1. The zero-order chi connectivity index (χ0) is 38.4. The third kappa shape index (κ3) is 7.98. The molecule has 14 heteroatoms. The number of carbonyl (C=O) groups excluding carboxylic acids is 4. The van der Waals surface area contributed by atoms with Gasteiger partial charge in [0, 0.05) is 26.1 Å². The maximum absolute atomic E-state index is 14.5. The summed E-state index contributed by atoms with van der Waals surface area (Å²) in [6.07, 6.45) is 5.38. The Morgan fingerprint density at radius 2 is 1.69 bits per heavy atom. The standard InChI is InChI=1S/C40H59BN4O9/c1-38(2,3)52-36(48)42-29-24-50-17-13-9-7-8-10-16-33(41-53-32-19-27-18-31(39(27,4)5)40(32,6)54-41)43-34(46)30-20-28(23-45(30)35(29)47)51-37(49)44-21-25-14-11-12-15-26(25)22-44/h11-12,14-15,27-33H,7-10,13,16-24H2,1-6H3,(H,42,48)(H,43,46)/t27?,28-,29?,30+,31?,32?,33-,40?/m1/s1. The summed E-state index contributed by atoms with van der Waals surface area (Å²) in [7, 11) is -0.621. The van der Waals surface area contributed by atoms with E-state index in [-0.39, 0.29) is 37.0 Å². The lowest BCUT2D eigenvalue weighted by Gasteiger charge is -2.64. The molecule has 4 aliphatic heterocycles. The number of nitrogens with zero attached hydrogens (tertiary/aromatic N) is 2. The number of fused-ring (bicyclic) bond motifs is 2. The van der Waals surface area contributed by atoms with Crippen molar-refractivity contribution in [3.05, 3.63) is 35.4 Å². The first kappa shape index (κ1) is 38.9. The van der Waals surface area contributed by atoms with E-state index in [4.69, 9.17) is 23.5 Å². The van der Waals surface area contributed by atoms with Crippen molar-refractivity contribution >= 4 is 31.1 Å². The van der Waals surface area contributed by atoms with Crippen LogP contribution in [-0.4, -0.2) is 102 Å². The molecule has 0 radical (unpaired) electrons. The van der Waals surface area contributed by atoms with Gasteiger partial charge >= 0.3 is 19.3 Å². The van der Waals surface area contributed by atoms with Gasteiger partial charge in [-0.2, -0.15) is 0 Å². The summed E-state index contributed by atoms with van der Waals surface area (Å²) in [6, 6.07) is 5.77. The molecule has 0 spiro atoms. The van der Waals surface area contributed by atoms with Crippen molar-refractivity contribution in [2.45, 2.75) is 154 Å². The molecule has 1 aromatic rings. The highest BCUT2D eigenvalue weighted by Crippen LogP contribution is 2.65. The summed E-state index contributed by atoms with van der Waals surface area (Å²) >= 11 is 0. The topological polar surface area (TPSA) is 145 Å². The quantitative estimate of drug-likeness (QED) is 0.402. The van der Waals surface area contributed by atoms with Gasteiger partial charge in [-0.05, 0) is 81.8 Å². The lowest BCUT2D eigenvalue weighted by atomic mass is 9.43. The van der Waals surface area contributed by atoms with E-state index in [1.807, 2.05) is 24.3 Å². The predicted octanol–water partition coefficient (Wildman–Crippen LogP) is 5.12. The summed E-state index contributed by atoms with van der Waals surface area (Å²) in [5, 5.41) is 5.96. The van der Waals surface area contributed by atoms with Gasteiger partial charge < -0.3 is 39.1 Å². The van der Waals surface area contributed by atoms with E-state index in [0.29, 0.717) is 38.0 Å². The average Bonchev–Trinajstić information content (AvgIpc) is 3.83. The minimum absolute atomic E-state index is 0.0185. The molecule has 3 aliphatic carbocycles. The Labute approximate surface area is 320 Å². The van der Waals surface area contributed by atoms with Gasteiger partial charge in [0.05, 0.1) is 30.8 Å². The fourth-order valence-corrected chi connectivity index (χ4v) is 9.81. The molecule has 3 saturated carbocycles. The fraction of sp³-hybridized carbons (Fsp3) is 0.750. The maximum atomic E-state index is 14.5. The van der Waals surface area contributed by atoms with Crippen molar-refractivity contribution in [1.82, 2.24) is 20.4 Å². The molecule has 1 aromatic carbocycles. The van der Waals surface area contributed by atoms with Crippen molar-refractivity contribution in [3.8, 4) is 0 Å². The van der Waals surface area contributed by atoms with Gasteiger partial charge in [0.1, 0.15) is 23.8 Å². The van der Waals surface area contributed by atoms with Crippen molar-refractivity contribution in [2.24, 2.45) is 17.3 Å². The Bertz CT molecular complexity index is 1560. The smallest absolute Gasteiger partial charge is 0.444 e. The van der Waals surface area contributed by atoms with Crippen LogP contribution in [0.4, 0.5) is 9.59 Å². The molecule has 2 bridgehead atoms. The molecule has 5 unspecified atom stereocenters. The second-order valence-electron chi connectivity index (χ2n) is 18.2. The van der Waals surface area contributed by atoms with E-state index < -0.39 is 60.5 Å². The Morgan fingerprint density at radius 1 is 0.981 bits per heavy atom. The number of carbonyl (C=O) groups is 4. The monoisotopic (exact) mass is 750 g/mol. The molecule has 7 aliphatic rings. The Hall–Kier alpha value is -3.36. The maximum Gasteiger partial charge on any atom is 0.481 e. The number of hydrogen-bond acceptors (Lipinski definition) is 9. The lowest BCUT2D eigenvalue weighted by Crippen LogP contribution is -2.65. The van der Waals surface area contributed by atoms with E-state index in [1.54, 1.807) is 25.7 Å². The molecular weight excluding hydrogens is 691 g/mol. The predicted molar refractivity (Wildman–Crippen MR) is 200 cm³/mol. The van der Waals surface area contributed by atoms with Crippen LogP contribution in [0.15, 0.2) is 24.3 Å². The first-order valence-corrected chi connectivity index (χ1v) is 20.2. The number of amides is 4. The van der Waals surface area contributed by atoms with Crippen LogP contribution in [0.25, 0.3) is 0 Å². The third-order valence-corrected chi connectivity index (χ3v) is 12.9. The summed E-state index contributed by atoms with van der Waals surface area (Å²) < 4.78 is 31.0. The van der Waals surface area contributed by atoms with E-state index in [0.717, 1.165) is 56.1 Å². The van der Waals surface area contributed by atoms with Crippen molar-refractivity contribution < 1.29 is 42.7 Å². The van der Waals surface area contributed by atoms with Crippen LogP contribution in [0.2, 0.25) is 0 Å². The highest BCUT2D eigenvalue weighted by Gasteiger charge is 2.68. The highest BCUT2D eigenvalue weighted by molar-refractivity contribution is 6.48. The van der Waals surface area contributed by atoms with Crippen molar-refractivity contribution in [3.63, 3.8) is 0 Å². The summed E-state index contributed by atoms with van der Waals surface area (Å²) in [4.78, 5) is 58.5. The molecule has 8 atom stereocenters. The first-order valence-electron chi connectivity index (χ1n) is 20.2. The van der Waals surface area contributed by atoms with Gasteiger partial charge in [0.15, 0.2) is 0 Å². The van der Waals surface area contributed by atoms with Crippen LogP contribution in [0.3, 0.4) is 0 Å². The largest absolute Gasteiger partial charge is 0.481 e. The molecule has 4 amide bonds. The summed E-state index contributed by atoms with van der Waals surface area (Å²) in [5.41, 5.74) is 1.07. The van der Waals surface area contributed by atoms with Crippen molar-refractivity contribution in [1.29, 1.82) is 0 Å². The van der Waals surface area contributed by atoms with Crippen molar-refractivity contribution in [2.75, 3.05) is 19.8 Å². The van der Waals surface area contributed by atoms with Crippen LogP contribution in [-0.2, 0) is 46.2 Å². The number of rotatable bonds is 3. The average molecular weight is 751 g/mol. The lowest BCUT2D eigenvalue weighted by molar-refractivity contribution is -0.199. The molecular formula is C40H59BN4O9. The summed E-state index contributed by atoms with van der Waals surface area (Å²) in [6.45, 7) is 13.2. The van der Waals surface area contributed by atoms with Crippen LogP contribution in [0.1, 0.15) is 110 Å². The molecule has 4 heterocycles. The molecule has 0 aromatic heterocycles. The molecule has 8 rings (SSSR count). The molecule has 6 fully saturated rings. The minimum Gasteiger partial charge on any atom is -0.444 e. The zero-order valence-corrected chi connectivity index (χ0v) is 32.9. The van der Waals surface area contributed by atoms with E-state index in [2.05, 4.69) is 31.4 Å². The second-order valence-corrected chi connectivity index (χ2v) is 18.2. The van der Waals surface area contributed by atoms with Gasteiger partial charge in [0.2, 0.25) is 11.8 Å². The molecule has 2 N–H and O–H groups in total. The highest BCUT2D eigenvalue weighted by atomic mass is 16.7. The van der Waals surface area contributed by atoms with Gasteiger partial charge in [-0.15, -0.1) is 0 Å². The number of alkyl carbamates (subject to hydrolysis) is 1. The summed E-state index contributed by atoms with van der Waals surface area (Å²) in [5.74, 6) is -0.354. The first-order chi connectivity index (χ1) is 25.6. The van der Waals surface area contributed by atoms with E-state index in [1.165, 1.54) is 4.90 Å². The minimum atomic E-state index is -1.12. The van der Waals surface area contributed by atoms with Crippen LogP contribution >= 0.6 is 0 Å². The molecule has 13 nitrogen and oxygen atoms in total. The van der Waals surface area contributed by atoms with Gasteiger partial charge in [-0.25, -0.2) is 9.59 Å². The normalized spacial score (nSPS) is 34.3. The number of hydrogen-bond donors (Lipinski definition) is 2. The Morgan fingerprint density at radius 3 is 2.39 bits per heavy atom. The molecule has 3 saturated heterocycles. The fourth-order valence-electron chi connectivity index (χ4n) is 9.81. The zero-order valence-electron chi connectivity index (χ0n) is 32.9. The van der Waals surface area contributed by atoms with E-state index >= 15 is 0 Å². The SMILES string of the molecule is CC(C)(C)OC(=O)NC1COCCCCCCC[C@H](B2OC3CC4CC(C4(C)C)C3(C)O2)NC(=O)[C@@H]2C[C@@H](OC(=O)N3Cc4ccccc4C3)CN2C1=O.